The first kappa shape index (κ1) is 13.5. The van der Waals surface area contributed by atoms with Gasteiger partial charge in [0.1, 0.15) is 5.88 Å². The van der Waals surface area contributed by atoms with Crippen LogP contribution in [0.2, 0.25) is 0 Å². The zero-order chi connectivity index (χ0) is 12.8. The highest BCUT2D eigenvalue weighted by Gasteiger charge is 2.10. The Balaban J connectivity index is 3.01. The summed E-state index contributed by atoms with van der Waals surface area (Å²) in [6, 6.07) is 4.99. The number of nitrogens with one attached hydrogen (secondary N) is 1. The third kappa shape index (κ3) is 3.46. The normalized spacial score (nSPS) is 9.82. The molecule has 0 aliphatic heterocycles. The van der Waals surface area contributed by atoms with E-state index in [0.29, 0.717) is 17.7 Å². The van der Waals surface area contributed by atoms with Gasteiger partial charge in [-0.3, -0.25) is 4.79 Å². The van der Waals surface area contributed by atoms with E-state index in [0.717, 1.165) is 5.56 Å². The zero-order valence-corrected chi connectivity index (χ0v) is 10.5. The van der Waals surface area contributed by atoms with Crippen LogP contribution in [-0.2, 0) is 16.0 Å². The predicted octanol–water partition coefficient (Wildman–Crippen LogP) is 2.21. The van der Waals surface area contributed by atoms with Crippen LogP contribution in [-0.4, -0.2) is 24.9 Å². The lowest BCUT2D eigenvalue weighted by Gasteiger charge is -2.10. The largest absolute Gasteiger partial charge is 0.465 e. The molecule has 0 radical (unpaired) electrons. The molecule has 92 valence electrons. The van der Waals surface area contributed by atoms with Crippen LogP contribution in [0.15, 0.2) is 18.2 Å². The van der Waals surface area contributed by atoms with Crippen molar-refractivity contribution < 1.29 is 14.3 Å². The van der Waals surface area contributed by atoms with E-state index in [9.17, 15) is 9.59 Å². The summed E-state index contributed by atoms with van der Waals surface area (Å²) >= 11 is 5.42. The molecule has 0 aliphatic carbocycles. The average molecular weight is 256 g/mol. The van der Waals surface area contributed by atoms with Gasteiger partial charge in [-0.1, -0.05) is 6.92 Å². The van der Waals surface area contributed by atoms with E-state index in [4.69, 9.17) is 11.6 Å². The first-order valence-electron chi connectivity index (χ1n) is 5.19. The molecule has 5 heteroatoms. The molecule has 1 aromatic rings. The molecule has 17 heavy (non-hydrogen) atoms. The molecule has 0 bridgehead atoms. The van der Waals surface area contributed by atoms with Crippen molar-refractivity contribution >= 4 is 29.2 Å². The van der Waals surface area contributed by atoms with Gasteiger partial charge in [-0.25, -0.2) is 4.79 Å². The molecule has 0 atom stereocenters. The van der Waals surface area contributed by atoms with Crippen LogP contribution in [0.25, 0.3) is 0 Å². The van der Waals surface area contributed by atoms with Gasteiger partial charge in [-0.05, 0) is 30.2 Å². The van der Waals surface area contributed by atoms with Gasteiger partial charge in [0.05, 0.1) is 12.7 Å². The highest BCUT2D eigenvalue weighted by Crippen LogP contribution is 2.19. The number of benzene rings is 1. The molecule has 0 aromatic heterocycles. The van der Waals surface area contributed by atoms with Gasteiger partial charge in [0.25, 0.3) is 0 Å². The summed E-state index contributed by atoms with van der Waals surface area (Å²) in [6.07, 6.45) is 0.697. The van der Waals surface area contributed by atoms with Crippen LogP contribution in [0.4, 0.5) is 5.69 Å². The van der Waals surface area contributed by atoms with Crippen LogP contribution in [0, 0.1) is 0 Å². The van der Waals surface area contributed by atoms with Gasteiger partial charge < -0.3 is 10.1 Å². The molecule has 0 heterocycles. The highest BCUT2D eigenvalue weighted by atomic mass is 35.5. The topological polar surface area (TPSA) is 55.4 Å². The molecular formula is C12H14ClNO3. The molecule has 0 saturated heterocycles. The highest BCUT2D eigenvalue weighted by molar-refractivity contribution is 6.29. The van der Waals surface area contributed by atoms with Gasteiger partial charge in [0.2, 0.25) is 5.91 Å². The lowest BCUT2D eigenvalue weighted by Crippen LogP contribution is -2.14. The molecule has 4 nitrogen and oxygen atoms in total. The minimum absolute atomic E-state index is 0.0953. The summed E-state index contributed by atoms with van der Waals surface area (Å²) in [5.74, 6) is -0.760. The third-order valence-corrected chi connectivity index (χ3v) is 2.55. The molecule has 1 aromatic carbocycles. The summed E-state index contributed by atoms with van der Waals surface area (Å²) in [5.41, 5.74) is 2.00. The van der Waals surface area contributed by atoms with Crippen LogP contribution in [0.5, 0.6) is 0 Å². The summed E-state index contributed by atoms with van der Waals surface area (Å²) < 4.78 is 4.63. The Labute approximate surface area is 105 Å². The van der Waals surface area contributed by atoms with Crippen molar-refractivity contribution in [2.75, 3.05) is 18.3 Å². The smallest absolute Gasteiger partial charge is 0.337 e. The maximum Gasteiger partial charge on any atom is 0.337 e. The number of esters is 1. The van der Waals surface area contributed by atoms with E-state index >= 15 is 0 Å². The fraction of sp³-hybridized carbons (Fsp3) is 0.333. The maximum atomic E-state index is 11.3. The van der Waals surface area contributed by atoms with Crippen LogP contribution >= 0.6 is 11.6 Å². The Morgan fingerprint density at radius 1 is 1.41 bits per heavy atom. The van der Waals surface area contributed by atoms with Crippen molar-refractivity contribution in [2.45, 2.75) is 13.3 Å². The number of carbonyl (C=O) groups is 2. The van der Waals surface area contributed by atoms with Crippen molar-refractivity contribution in [3.05, 3.63) is 29.3 Å². The molecule has 0 unspecified atom stereocenters. The molecule has 1 rings (SSSR count). The van der Waals surface area contributed by atoms with Crippen LogP contribution < -0.4 is 5.32 Å². The Kier molecular flexibility index (Phi) is 4.97. The van der Waals surface area contributed by atoms with Crippen molar-refractivity contribution in [3.8, 4) is 0 Å². The second-order valence-corrected chi connectivity index (χ2v) is 3.67. The fourth-order valence-electron chi connectivity index (χ4n) is 1.44. The maximum absolute atomic E-state index is 11.3. The lowest BCUT2D eigenvalue weighted by molar-refractivity contribution is -0.113. The van der Waals surface area contributed by atoms with Crippen molar-refractivity contribution in [1.82, 2.24) is 0 Å². The molecule has 0 fully saturated rings. The molecule has 1 amide bonds. The number of hydrogen-bond acceptors (Lipinski definition) is 3. The predicted molar refractivity (Wildman–Crippen MR) is 66.5 cm³/mol. The summed E-state index contributed by atoms with van der Waals surface area (Å²) in [7, 11) is 1.33. The molecule has 0 spiro atoms. The van der Waals surface area contributed by atoms with Crippen molar-refractivity contribution in [1.29, 1.82) is 0 Å². The van der Waals surface area contributed by atoms with E-state index in [1.54, 1.807) is 18.2 Å². The number of rotatable bonds is 4. The monoisotopic (exact) mass is 255 g/mol. The minimum atomic E-state index is -0.394. The Hall–Kier alpha value is -1.55. The standard InChI is InChI=1S/C12H14ClNO3/c1-3-8-6-9(12(16)17-2)4-5-10(8)14-11(15)7-13/h4-6H,3,7H2,1-2H3,(H,14,15). The summed E-state index contributed by atoms with van der Waals surface area (Å²) in [6.45, 7) is 1.94. The van der Waals surface area contributed by atoms with Crippen molar-refractivity contribution in [3.63, 3.8) is 0 Å². The van der Waals surface area contributed by atoms with E-state index < -0.39 is 5.97 Å². The number of carbonyl (C=O) groups excluding carboxylic acids is 2. The van der Waals surface area contributed by atoms with E-state index in [1.165, 1.54) is 7.11 Å². The molecular weight excluding hydrogens is 242 g/mol. The van der Waals surface area contributed by atoms with Gasteiger partial charge in [-0.2, -0.15) is 0 Å². The van der Waals surface area contributed by atoms with E-state index in [2.05, 4.69) is 10.1 Å². The number of hydrogen-bond donors (Lipinski definition) is 1. The minimum Gasteiger partial charge on any atom is -0.465 e. The van der Waals surface area contributed by atoms with E-state index in [-0.39, 0.29) is 11.8 Å². The van der Waals surface area contributed by atoms with Gasteiger partial charge in [0, 0.05) is 5.69 Å². The number of methoxy groups -OCH3 is 1. The number of aryl methyl sites for hydroxylation is 1. The zero-order valence-electron chi connectivity index (χ0n) is 9.75. The average Bonchev–Trinajstić information content (AvgIpc) is 2.37. The third-order valence-electron chi connectivity index (χ3n) is 2.30. The summed E-state index contributed by atoms with van der Waals surface area (Å²) in [4.78, 5) is 22.5. The molecule has 0 saturated carbocycles. The number of anilines is 1. The van der Waals surface area contributed by atoms with Gasteiger partial charge >= 0.3 is 5.97 Å². The van der Waals surface area contributed by atoms with Crippen LogP contribution in [0.1, 0.15) is 22.8 Å². The first-order chi connectivity index (χ1) is 8.12. The fourth-order valence-corrected chi connectivity index (χ4v) is 1.50. The number of amides is 1. The Bertz CT molecular complexity index is 432. The SMILES string of the molecule is CCc1cc(C(=O)OC)ccc1NC(=O)CCl. The number of halogens is 1. The molecule has 1 N–H and O–H groups in total. The second kappa shape index (κ2) is 6.25. The lowest BCUT2D eigenvalue weighted by atomic mass is 10.1. The van der Waals surface area contributed by atoms with E-state index in [1.807, 2.05) is 6.92 Å². The first-order valence-corrected chi connectivity index (χ1v) is 5.72. The second-order valence-electron chi connectivity index (χ2n) is 3.40. The number of ether oxygens (including phenoxy) is 1. The number of alkyl halides is 1. The van der Waals surface area contributed by atoms with Crippen LogP contribution in [0.3, 0.4) is 0 Å². The summed E-state index contributed by atoms with van der Waals surface area (Å²) in [5, 5.41) is 2.67. The Morgan fingerprint density at radius 2 is 2.12 bits per heavy atom. The van der Waals surface area contributed by atoms with Gasteiger partial charge in [-0.15, -0.1) is 11.6 Å². The molecule has 0 aliphatic rings. The van der Waals surface area contributed by atoms with Gasteiger partial charge in [0.15, 0.2) is 0 Å². The van der Waals surface area contributed by atoms with Crippen molar-refractivity contribution in [2.24, 2.45) is 0 Å². The quantitative estimate of drug-likeness (QED) is 0.663. The Morgan fingerprint density at radius 3 is 2.65 bits per heavy atom.